The molecule has 23 heavy (non-hydrogen) atoms. The summed E-state index contributed by atoms with van der Waals surface area (Å²) in [5, 5.41) is 19.1. The summed E-state index contributed by atoms with van der Waals surface area (Å²) in [5.74, 6) is -0.383. The van der Waals surface area contributed by atoms with Crippen LogP contribution in [0.3, 0.4) is 0 Å². The number of sulfonamides is 1. The van der Waals surface area contributed by atoms with E-state index in [1.54, 1.807) is 19.9 Å². The van der Waals surface area contributed by atoms with Crippen LogP contribution >= 0.6 is 0 Å². The smallest absolute Gasteiger partial charge is 0.254 e. The quantitative estimate of drug-likeness (QED) is 0.690. The van der Waals surface area contributed by atoms with Gasteiger partial charge < -0.3 is 15.1 Å². The van der Waals surface area contributed by atoms with Gasteiger partial charge in [-0.15, -0.1) is 0 Å². The lowest BCUT2D eigenvalue weighted by molar-refractivity contribution is 0.0664. The highest BCUT2D eigenvalue weighted by molar-refractivity contribution is 7.89. The number of aliphatic hydroxyl groups is 2. The lowest BCUT2D eigenvalue weighted by Gasteiger charge is -2.23. The zero-order valence-corrected chi connectivity index (χ0v) is 14.0. The molecule has 1 aromatic carbocycles. The van der Waals surface area contributed by atoms with Gasteiger partial charge in [0.05, 0.1) is 23.6 Å². The molecule has 1 aromatic rings. The maximum Gasteiger partial charge on any atom is 0.254 e. The Balaban J connectivity index is 2.37. The number of β-amino-alcohol motifs (C(OH)–C–C–N with tert-alkyl or cyclic N) is 1. The van der Waals surface area contributed by atoms with Crippen molar-refractivity contribution < 1.29 is 23.4 Å². The van der Waals surface area contributed by atoms with Crippen molar-refractivity contribution in [3.8, 4) is 0 Å². The number of aryl methyl sites for hydroxylation is 1. The number of amides is 1. The zero-order valence-electron chi connectivity index (χ0n) is 13.2. The van der Waals surface area contributed by atoms with Crippen LogP contribution in [0, 0.1) is 6.92 Å². The normalized spacial score (nSPS) is 21.7. The Morgan fingerprint density at radius 2 is 2.13 bits per heavy atom. The summed E-state index contributed by atoms with van der Waals surface area (Å²) in [7, 11) is -3.66. The number of carbonyl (C=O) groups excluding carboxylic acids is 1. The number of carbonyl (C=O) groups is 1. The summed E-state index contributed by atoms with van der Waals surface area (Å²) >= 11 is 0. The van der Waals surface area contributed by atoms with E-state index in [1.807, 2.05) is 0 Å². The zero-order chi connectivity index (χ0) is 17.2. The Morgan fingerprint density at radius 3 is 2.74 bits per heavy atom. The molecule has 1 amide bonds. The molecular weight excluding hydrogens is 320 g/mol. The van der Waals surface area contributed by atoms with Crippen LogP contribution in [0.1, 0.15) is 29.3 Å². The van der Waals surface area contributed by atoms with Gasteiger partial charge in [0.25, 0.3) is 5.91 Å². The molecule has 1 heterocycles. The van der Waals surface area contributed by atoms with Crippen molar-refractivity contribution in [1.29, 1.82) is 0 Å². The topological polar surface area (TPSA) is 107 Å². The molecule has 2 atom stereocenters. The fraction of sp³-hybridized carbons (Fsp3) is 0.533. The average Bonchev–Trinajstić information content (AvgIpc) is 2.88. The molecule has 128 valence electrons. The third kappa shape index (κ3) is 3.72. The van der Waals surface area contributed by atoms with E-state index in [1.165, 1.54) is 17.0 Å². The van der Waals surface area contributed by atoms with Gasteiger partial charge in [0.2, 0.25) is 10.0 Å². The Hall–Kier alpha value is -1.48. The van der Waals surface area contributed by atoms with E-state index in [2.05, 4.69) is 4.72 Å². The third-order valence-corrected chi connectivity index (χ3v) is 5.49. The highest BCUT2D eigenvalue weighted by Crippen LogP contribution is 2.23. The first-order chi connectivity index (χ1) is 10.8. The van der Waals surface area contributed by atoms with Crippen molar-refractivity contribution in [2.75, 3.05) is 19.7 Å². The number of rotatable bonds is 5. The predicted molar refractivity (Wildman–Crippen MR) is 84.6 cm³/mol. The van der Waals surface area contributed by atoms with Gasteiger partial charge in [-0.2, -0.15) is 0 Å². The van der Waals surface area contributed by atoms with Crippen LogP contribution in [0.2, 0.25) is 0 Å². The molecule has 7 nitrogen and oxygen atoms in total. The standard InChI is InChI=1S/C15H22N2O5S/c1-3-16-23(21,22)13-5-4-10(2)14(7-13)15(20)17-8-12(19)6-11(17)9-18/h4-5,7,11-12,16,18-19H,3,6,8-9H2,1-2H3/t11-,12-/m0/s1. The van der Waals surface area contributed by atoms with Gasteiger partial charge in [0.1, 0.15) is 0 Å². The fourth-order valence-corrected chi connectivity index (χ4v) is 3.81. The first kappa shape index (κ1) is 17.9. The maximum absolute atomic E-state index is 12.7. The largest absolute Gasteiger partial charge is 0.394 e. The van der Waals surface area contributed by atoms with E-state index in [0.717, 1.165) is 0 Å². The Morgan fingerprint density at radius 1 is 1.43 bits per heavy atom. The Labute approximate surface area is 136 Å². The predicted octanol–water partition coefficient (Wildman–Crippen LogP) is -0.139. The monoisotopic (exact) mass is 342 g/mol. The van der Waals surface area contributed by atoms with Crippen LogP contribution in [-0.4, -0.2) is 61.3 Å². The molecule has 1 aliphatic heterocycles. The van der Waals surface area contributed by atoms with Gasteiger partial charge in [0, 0.05) is 18.7 Å². The Kier molecular flexibility index (Phi) is 5.41. The van der Waals surface area contributed by atoms with E-state index in [4.69, 9.17) is 0 Å². The minimum Gasteiger partial charge on any atom is -0.394 e. The van der Waals surface area contributed by atoms with Crippen molar-refractivity contribution in [2.24, 2.45) is 0 Å². The molecule has 2 rings (SSSR count). The summed E-state index contributed by atoms with van der Waals surface area (Å²) in [5.41, 5.74) is 0.903. The molecule has 1 fully saturated rings. The highest BCUT2D eigenvalue weighted by Gasteiger charge is 2.35. The van der Waals surface area contributed by atoms with E-state index in [-0.39, 0.29) is 36.1 Å². The van der Waals surface area contributed by atoms with Crippen molar-refractivity contribution in [2.45, 2.75) is 37.3 Å². The summed E-state index contributed by atoms with van der Waals surface area (Å²) in [6.45, 7) is 3.54. The van der Waals surface area contributed by atoms with E-state index in [9.17, 15) is 23.4 Å². The molecule has 1 saturated heterocycles. The van der Waals surface area contributed by atoms with E-state index >= 15 is 0 Å². The first-order valence-electron chi connectivity index (χ1n) is 7.50. The van der Waals surface area contributed by atoms with Crippen LogP contribution in [0.5, 0.6) is 0 Å². The molecule has 0 spiro atoms. The van der Waals surface area contributed by atoms with Crippen LogP contribution < -0.4 is 4.72 Å². The van der Waals surface area contributed by atoms with Gasteiger partial charge in [-0.3, -0.25) is 4.79 Å². The van der Waals surface area contributed by atoms with Crippen LogP contribution in [0.4, 0.5) is 0 Å². The molecule has 1 aliphatic rings. The number of aliphatic hydroxyl groups excluding tert-OH is 2. The van der Waals surface area contributed by atoms with Crippen LogP contribution in [-0.2, 0) is 10.0 Å². The van der Waals surface area contributed by atoms with Gasteiger partial charge in [0.15, 0.2) is 0 Å². The molecular formula is C15H22N2O5S. The van der Waals surface area contributed by atoms with Gasteiger partial charge >= 0.3 is 0 Å². The molecule has 0 bridgehead atoms. The SMILES string of the molecule is CCNS(=O)(=O)c1ccc(C)c(C(=O)N2C[C@@H](O)C[C@H]2CO)c1. The highest BCUT2D eigenvalue weighted by atomic mass is 32.2. The second-order valence-electron chi connectivity index (χ2n) is 5.66. The lowest BCUT2D eigenvalue weighted by atomic mass is 10.1. The minimum absolute atomic E-state index is 0.0218. The summed E-state index contributed by atoms with van der Waals surface area (Å²) in [6, 6.07) is 3.92. The van der Waals surface area contributed by atoms with Crippen LogP contribution in [0.15, 0.2) is 23.1 Å². The average molecular weight is 342 g/mol. The van der Waals surface area contributed by atoms with Gasteiger partial charge in [-0.1, -0.05) is 13.0 Å². The van der Waals surface area contributed by atoms with Gasteiger partial charge in [-0.25, -0.2) is 13.1 Å². The maximum atomic E-state index is 12.7. The molecule has 0 radical (unpaired) electrons. The number of nitrogens with zero attached hydrogens (tertiary/aromatic N) is 1. The molecule has 0 saturated carbocycles. The number of hydrogen-bond donors (Lipinski definition) is 3. The number of benzene rings is 1. The minimum atomic E-state index is -3.66. The first-order valence-corrected chi connectivity index (χ1v) is 8.98. The molecule has 0 aliphatic carbocycles. The summed E-state index contributed by atoms with van der Waals surface area (Å²) < 4.78 is 26.6. The molecule has 0 aromatic heterocycles. The summed E-state index contributed by atoms with van der Waals surface area (Å²) in [6.07, 6.45) is -0.360. The second kappa shape index (κ2) is 6.96. The lowest BCUT2D eigenvalue weighted by Crippen LogP contribution is -2.38. The van der Waals surface area contributed by atoms with Crippen molar-refractivity contribution in [3.63, 3.8) is 0 Å². The van der Waals surface area contributed by atoms with Gasteiger partial charge in [-0.05, 0) is 31.0 Å². The van der Waals surface area contributed by atoms with Crippen molar-refractivity contribution >= 4 is 15.9 Å². The number of hydrogen-bond acceptors (Lipinski definition) is 5. The van der Waals surface area contributed by atoms with E-state index in [0.29, 0.717) is 12.0 Å². The Bertz CT molecular complexity index is 689. The number of likely N-dealkylation sites (tertiary alicyclic amines) is 1. The molecule has 8 heteroatoms. The fourth-order valence-electron chi connectivity index (χ4n) is 2.74. The van der Waals surface area contributed by atoms with E-state index < -0.39 is 22.2 Å². The van der Waals surface area contributed by atoms with Crippen LogP contribution in [0.25, 0.3) is 0 Å². The second-order valence-corrected chi connectivity index (χ2v) is 7.43. The molecule has 3 N–H and O–H groups in total. The third-order valence-electron chi connectivity index (χ3n) is 3.95. The summed E-state index contributed by atoms with van der Waals surface area (Å²) in [4.78, 5) is 14.1. The van der Waals surface area contributed by atoms with Crippen molar-refractivity contribution in [1.82, 2.24) is 9.62 Å². The number of nitrogens with one attached hydrogen (secondary N) is 1. The van der Waals surface area contributed by atoms with Crippen molar-refractivity contribution in [3.05, 3.63) is 29.3 Å². The molecule has 0 unspecified atom stereocenters.